The Kier molecular flexibility index (Phi) is 6.01. The highest BCUT2D eigenvalue weighted by atomic mass is 32.2. The van der Waals surface area contributed by atoms with Crippen LogP contribution in [0.2, 0.25) is 0 Å². The second-order valence-electron chi connectivity index (χ2n) is 3.78. The standard InChI is InChI=1S/C8H11S.C7H6O2/c1-9(2)8-6-4-3-5-7-8;8-7(9)6-4-2-1-3-5-6/h3-7H,1-2H3;1-5H,(H,8,9)/q+1;/p-1. The van der Waals surface area contributed by atoms with Crippen molar-refractivity contribution in [2.45, 2.75) is 4.90 Å². The van der Waals surface area contributed by atoms with Gasteiger partial charge in [-0.15, -0.1) is 0 Å². The maximum atomic E-state index is 10.1. The lowest BCUT2D eigenvalue weighted by Gasteiger charge is -1.97. The molecule has 18 heavy (non-hydrogen) atoms. The predicted octanol–water partition coefficient (Wildman–Crippen LogP) is 1.97. The van der Waals surface area contributed by atoms with Crippen molar-refractivity contribution in [3.8, 4) is 0 Å². The average molecular weight is 260 g/mol. The molecule has 0 N–H and O–H groups in total. The maximum absolute atomic E-state index is 10.1. The number of carboxylic acids is 1. The zero-order chi connectivity index (χ0) is 13.4. The van der Waals surface area contributed by atoms with E-state index >= 15 is 0 Å². The summed E-state index contributed by atoms with van der Waals surface area (Å²) in [6.45, 7) is 0. The number of rotatable bonds is 2. The molecular formula is C15H16O2S. The Morgan fingerprint density at radius 1 is 0.889 bits per heavy atom. The molecule has 2 nitrogen and oxygen atoms in total. The molecule has 0 aliphatic carbocycles. The summed E-state index contributed by atoms with van der Waals surface area (Å²) in [6, 6.07) is 18.6. The smallest absolute Gasteiger partial charge is 0.154 e. The third kappa shape index (κ3) is 5.06. The van der Waals surface area contributed by atoms with Gasteiger partial charge in [0.15, 0.2) is 4.90 Å². The monoisotopic (exact) mass is 260 g/mol. The fraction of sp³-hybridized carbons (Fsp3) is 0.133. The van der Waals surface area contributed by atoms with E-state index in [4.69, 9.17) is 0 Å². The summed E-state index contributed by atoms with van der Waals surface area (Å²) in [5.41, 5.74) is 0.220. The summed E-state index contributed by atoms with van der Waals surface area (Å²) in [6.07, 6.45) is 4.46. The Hall–Kier alpha value is -1.74. The Morgan fingerprint density at radius 2 is 1.33 bits per heavy atom. The Balaban J connectivity index is 0.000000180. The van der Waals surface area contributed by atoms with E-state index in [2.05, 4.69) is 42.8 Å². The zero-order valence-corrected chi connectivity index (χ0v) is 11.3. The number of benzene rings is 2. The normalized spacial score (nSPS) is 9.50. The van der Waals surface area contributed by atoms with E-state index in [0.29, 0.717) is 10.9 Å². The summed E-state index contributed by atoms with van der Waals surface area (Å²) < 4.78 is 0. The molecule has 0 aliphatic rings. The first-order valence-electron chi connectivity index (χ1n) is 5.50. The Bertz CT molecular complexity index is 466. The first-order chi connectivity index (χ1) is 8.61. The van der Waals surface area contributed by atoms with Crippen molar-refractivity contribution < 1.29 is 9.90 Å². The molecule has 2 rings (SSSR count). The van der Waals surface area contributed by atoms with Gasteiger partial charge in [0.05, 0.1) is 5.97 Å². The van der Waals surface area contributed by atoms with Crippen LogP contribution in [0.4, 0.5) is 0 Å². The summed E-state index contributed by atoms with van der Waals surface area (Å²) in [5, 5.41) is 10.1. The van der Waals surface area contributed by atoms with Crippen molar-refractivity contribution in [3.05, 3.63) is 66.2 Å². The van der Waals surface area contributed by atoms with E-state index in [-0.39, 0.29) is 5.56 Å². The Labute approximate surface area is 111 Å². The first kappa shape index (κ1) is 14.3. The SMILES string of the molecule is C[S+](C)c1ccccc1.O=C([O-])c1ccccc1. The van der Waals surface area contributed by atoms with Crippen LogP contribution in [0.1, 0.15) is 10.4 Å². The van der Waals surface area contributed by atoms with Gasteiger partial charge in [-0.2, -0.15) is 0 Å². The number of hydrogen-bond donors (Lipinski definition) is 0. The van der Waals surface area contributed by atoms with Crippen LogP contribution in [-0.2, 0) is 10.9 Å². The minimum Gasteiger partial charge on any atom is -0.545 e. The molecule has 0 spiro atoms. The van der Waals surface area contributed by atoms with Crippen LogP contribution < -0.4 is 5.11 Å². The summed E-state index contributed by atoms with van der Waals surface area (Å²) in [4.78, 5) is 11.5. The second-order valence-corrected chi connectivity index (χ2v) is 5.89. The molecule has 0 bridgehead atoms. The molecule has 0 amide bonds. The fourth-order valence-electron chi connectivity index (χ4n) is 1.27. The van der Waals surface area contributed by atoms with Crippen LogP contribution in [0.15, 0.2) is 65.6 Å². The molecule has 0 atom stereocenters. The number of carboxylic acid groups (broad SMARTS) is 1. The minimum absolute atomic E-state index is 0.220. The van der Waals surface area contributed by atoms with E-state index in [1.54, 1.807) is 18.2 Å². The van der Waals surface area contributed by atoms with Crippen LogP contribution in [0.3, 0.4) is 0 Å². The summed E-state index contributed by atoms with van der Waals surface area (Å²) in [5.74, 6) is -1.13. The van der Waals surface area contributed by atoms with E-state index in [1.807, 2.05) is 0 Å². The highest BCUT2D eigenvalue weighted by molar-refractivity contribution is 7.95. The van der Waals surface area contributed by atoms with Gasteiger partial charge in [0, 0.05) is 10.9 Å². The van der Waals surface area contributed by atoms with Gasteiger partial charge in [0.1, 0.15) is 12.5 Å². The van der Waals surface area contributed by atoms with Gasteiger partial charge in [-0.3, -0.25) is 0 Å². The molecule has 0 saturated heterocycles. The van der Waals surface area contributed by atoms with Gasteiger partial charge < -0.3 is 9.90 Å². The highest BCUT2D eigenvalue weighted by Gasteiger charge is 2.03. The molecule has 2 aromatic carbocycles. The number of aromatic carboxylic acids is 1. The van der Waals surface area contributed by atoms with Crippen LogP contribution in [0.5, 0.6) is 0 Å². The quantitative estimate of drug-likeness (QED) is 0.775. The van der Waals surface area contributed by atoms with Gasteiger partial charge in [-0.25, -0.2) is 0 Å². The van der Waals surface area contributed by atoms with Crippen molar-refractivity contribution in [1.82, 2.24) is 0 Å². The average Bonchev–Trinajstić information content (AvgIpc) is 2.41. The van der Waals surface area contributed by atoms with Crippen molar-refractivity contribution in [3.63, 3.8) is 0 Å². The van der Waals surface area contributed by atoms with Gasteiger partial charge in [-0.05, 0) is 17.7 Å². The van der Waals surface area contributed by atoms with Crippen LogP contribution in [0.25, 0.3) is 0 Å². The van der Waals surface area contributed by atoms with Gasteiger partial charge >= 0.3 is 0 Å². The van der Waals surface area contributed by atoms with Gasteiger partial charge in [0.25, 0.3) is 0 Å². The number of carbonyl (C=O) groups excluding carboxylic acids is 1. The van der Waals surface area contributed by atoms with Crippen molar-refractivity contribution >= 4 is 16.9 Å². The highest BCUT2D eigenvalue weighted by Crippen LogP contribution is 2.06. The molecular weight excluding hydrogens is 244 g/mol. The topological polar surface area (TPSA) is 40.1 Å². The minimum atomic E-state index is -1.13. The van der Waals surface area contributed by atoms with E-state index in [1.165, 1.54) is 17.0 Å². The molecule has 0 radical (unpaired) electrons. The lowest BCUT2D eigenvalue weighted by Crippen LogP contribution is -2.21. The predicted molar refractivity (Wildman–Crippen MR) is 74.7 cm³/mol. The van der Waals surface area contributed by atoms with Crippen LogP contribution in [0, 0.1) is 0 Å². The summed E-state index contributed by atoms with van der Waals surface area (Å²) >= 11 is 0. The fourth-order valence-corrected chi connectivity index (χ4v) is 1.97. The third-order valence-corrected chi connectivity index (χ3v) is 3.44. The molecule has 0 unspecified atom stereocenters. The maximum Gasteiger partial charge on any atom is 0.154 e. The van der Waals surface area contributed by atoms with Gasteiger partial charge in [0.2, 0.25) is 0 Å². The molecule has 0 aliphatic heterocycles. The molecule has 2 aromatic rings. The summed E-state index contributed by atoms with van der Waals surface area (Å²) in [7, 11) is 0.421. The number of hydrogen-bond acceptors (Lipinski definition) is 2. The van der Waals surface area contributed by atoms with Crippen molar-refractivity contribution in [2.75, 3.05) is 12.5 Å². The van der Waals surface area contributed by atoms with Crippen LogP contribution in [-0.4, -0.2) is 18.5 Å². The Morgan fingerprint density at radius 3 is 1.61 bits per heavy atom. The largest absolute Gasteiger partial charge is 0.545 e. The molecule has 0 aromatic heterocycles. The first-order valence-corrected chi connectivity index (χ1v) is 7.54. The lowest BCUT2D eigenvalue weighted by atomic mass is 10.2. The number of carbonyl (C=O) groups is 1. The molecule has 0 saturated carbocycles. The van der Waals surface area contributed by atoms with E-state index < -0.39 is 5.97 Å². The lowest BCUT2D eigenvalue weighted by molar-refractivity contribution is -0.255. The second kappa shape index (κ2) is 7.56. The third-order valence-electron chi connectivity index (χ3n) is 2.22. The molecule has 3 heteroatoms. The van der Waals surface area contributed by atoms with E-state index in [0.717, 1.165) is 0 Å². The van der Waals surface area contributed by atoms with Crippen molar-refractivity contribution in [1.29, 1.82) is 0 Å². The zero-order valence-electron chi connectivity index (χ0n) is 10.5. The molecule has 0 fully saturated rings. The van der Waals surface area contributed by atoms with Gasteiger partial charge in [-0.1, -0.05) is 48.5 Å². The molecule has 94 valence electrons. The van der Waals surface area contributed by atoms with Crippen LogP contribution >= 0.6 is 0 Å². The van der Waals surface area contributed by atoms with E-state index in [9.17, 15) is 9.90 Å². The molecule has 0 heterocycles. The van der Waals surface area contributed by atoms with Crippen molar-refractivity contribution in [2.24, 2.45) is 0 Å².